The van der Waals surface area contributed by atoms with Crippen LogP contribution in [0.3, 0.4) is 0 Å². The van der Waals surface area contributed by atoms with Gasteiger partial charge in [-0.3, -0.25) is 9.89 Å². The van der Waals surface area contributed by atoms with Crippen molar-refractivity contribution in [2.45, 2.75) is 0 Å². The van der Waals surface area contributed by atoms with E-state index in [4.69, 9.17) is 17.3 Å². The fourth-order valence-corrected chi connectivity index (χ4v) is 1.62. The summed E-state index contributed by atoms with van der Waals surface area (Å²) >= 11 is 5.90. The fraction of sp³-hybridized carbons (Fsp3) is 0.0769. The molecule has 1 heterocycles. The second kappa shape index (κ2) is 6.05. The van der Waals surface area contributed by atoms with Crippen LogP contribution >= 0.6 is 11.6 Å². The summed E-state index contributed by atoms with van der Waals surface area (Å²) in [7, 11) is 0. The van der Waals surface area contributed by atoms with Crippen molar-refractivity contribution >= 4 is 23.2 Å². The molecule has 1 aromatic carbocycles. The molecule has 0 bridgehead atoms. The number of carbonyl (C=O) groups is 1. The van der Waals surface area contributed by atoms with Crippen LogP contribution in [0, 0.1) is 11.8 Å². The van der Waals surface area contributed by atoms with E-state index < -0.39 is 0 Å². The Balaban J connectivity index is 2.27. The Morgan fingerprint density at radius 3 is 3.00 bits per heavy atom. The molecule has 6 heteroatoms. The molecule has 0 radical (unpaired) electrons. The van der Waals surface area contributed by atoms with Crippen molar-refractivity contribution in [3.8, 4) is 11.8 Å². The molecule has 96 valence electrons. The number of benzene rings is 1. The van der Waals surface area contributed by atoms with E-state index in [0.717, 1.165) is 0 Å². The number of nitrogens with zero attached hydrogens (tertiary/aromatic N) is 1. The highest BCUT2D eigenvalue weighted by atomic mass is 35.5. The molecule has 0 saturated heterocycles. The van der Waals surface area contributed by atoms with Gasteiger partial charge in [0.1, 0.15) is 5.69 Å². The van der Waals surface area contributed by atoms with Crippen LogP contribution in [-0.4, -0.2) is 22.6 Å². The number of H-pyrrole nitrogens is 1. The minimum Gasteiger partial charge on any atom is -0.320 e. The monoisotopic (exact) mass is 274 g/mol. The third kappa shape index (κ3) is 3.35. The van der Waals surface area contributed by atoms with Crippen LogP contribution in [0.4, 0.5) is 5.69 Å². The Kier molecular flexibility index (Phi) is 4.18. The van der Waals surface area contributed by atoms with E-state index >= 15 is 0 Å². The number of amides is 1. The van der Waals surface area contributed by atoms with E-state index in [1.165, 1.54) is 6.20 Å². The molecule has 0 unspecified atom stereocenters. The Bertz CT molecular complexity index is 640. The zero-order chi connectivity index (χ0) is 13.7. The minimum atomic E-state index is -0.296. The van der Waals surface area contributed by atoms with Crippen molar-refractivity contribution < 1.29 is 4.79 Å². The quantitative estimate of drug-likeness (QED) is 0.728. The first-order chi connectivity index (χ1) is 9.20. The molecule has 4 N–H and O–H groups in total. The average molecular weight is 275 g/mol. The molecule has 0 fully saturated rings. The Labute approximate surface area is 115 Å². The highest BCUT2D eigenvalue weighted by Gasteiger charge is 2.09. The van der Waals surface area contributed by atoms with Gasteiger partial charge in [0.25, 0.3) is 5.91 Å². The molecule has 0 aliphatic rings. The van der Waals surface area contributed by atoms with Gasteiger partial charge in [-0.1, -0.05) is 23.4 Å². The van der Waals surface area contributed by atoms with Gasteiger partial charge in [0.15, 0.2) is 0 Å². The third-order valence-corrected chi connectivity index (χ3v) is 2.54. The normalized spacial score (nSPS) is 9.58. The zero-order valence-electron chi connectivity index (χ0n) is 9.90. The molecular weight excluding hydrogens is 264 g/mol. The predicted molar refractivity (Wildman–Crippen MR) is 73.9 cm³/mol. The first kappa shape index (κ1) is 13.1. The van der Waals surface area contributed by atoms with E-state index in [9.17, 15) is 4.79 Å². The number of hydrogen-bond acceptors (Lipinski definition) is 3. The van der Waals surface area contributed by atoms with Gasteiger partial charge in [-0.25, -0.2) is 0 Å². The molecule has 0 atom stereocenters. The van der Waals surface area contributed by atoms with Gasteiger partial charge in [0.05, 0.1) is 12.2 Å². The summed E-state index contributed by atoms with van der Waals surface area (Å²) in [4.78, 5) is 11.9. The summed E-state index contributed by atoms with van der Waals surface area (Å²) in [6.07, 6.45) is 1.51. The van der Waals surface area contributed by atoms with Gasteiger partial charge in [0.2, 0.25) is 0 Å². The van der Waals surface area contributed by atoms with Crippen LogP contribution < -0.4 is 11.1 Å². The Hall–Kier alpha value is -2.29. The second-order valence-electron chi connectivity index (χ2n) is 3.62. The van der Waals surface area contributed by atoms with E-state index in [0.29, 0.717) is 22.0 Å². The first-order valence-electron chi connectivity index (χ1n) is 5.50. The van der Waals surface area contributed by atoms with E-state index in [1.807, 2.05) is 0 Å². The van der Waals surface area contributed by atoms with Crippen LogP contribution in [0.1, 0.15) is 16.1 Å². The van der Waals surface area contributed by atoms with Crippen molar-refractivity contribution in [2.24, 2.45) is 5.73 Å². The van der Waals surface area contributed by atoms with E-state index in [2.05, 4.69) is 27.4 Å². The predicted octanol–water partition coefficient (Wildman–Crippen LogP) is 1.63. The number of halogens is 1. The summed E-state index contributed by atoms with van der Waals surface area (Å²) < 4.78 is 0. The smallest absolute Gasteiger partial charge is 0.273 e. The minimum absolute atomic E-state index is 0.237. The molecule has 2 rings (SSSR count). The van der Waals surface area contributed by atoms with Crippen molar-refractivity contribution in [3.63, 3.8) is 0 Å². The van der Waals surface area contributed by atoms with E-state index in [1.54, 1.807) is 24.3 Å². The van der Waals surface area contributed by atoms with Crippen LogP contribution in [0.25, 0.3) is 0 Å². The van der Waals surface area contributed by atoms with Crippen LogP contribution in [0.15, 0.2) is 30.5 Å². The number of nitrogens with two attached hydrogens (primary N) is 1. The standard InChI is InChI=1S/C13H11ClN4O/c14-10-3-4-11(9(8-10)2-1-6-15)17-13(19)12-5-7-16-18-12/h3-5,7-8H,6,15H2,(H,16,18)(H,17,19). The maximum atomic E-state index is 11.9. The van der Waals surface area contributed by atoms with Crippen LogP contribution in [0.5, 0.6) is 0 Å². The summed E-state index contributed by atoms with van der Waals surface area (Å²) in [5, 5.41) is 9.59. The lowest BCUT2D eigenvalue weighted by atomic mass is 10.1. The molecule has 5 nitrogen and oxygen atoms in total. The van der Waals surface area contributed by atoms with Crippen molar-refractivity contribution in [1.29, 1.82) is 0 Å². The number of anilines is 1. The van der Waals surface area contributed by atoms with Gasteiger partial charge >= 0.3 is 0 Å². The number of aromatic nitrogens is 2. The average Bonchev–Trinajstić information content (AvgIpc) is 2.93. The number of rotatable bonds is 2. The fourth-order valence-electron chi connectivity index (χ4n) is 1.45. The molecule has 0 aliphatic heterocycles. The van der Waals surface area contributed by atoms with Gasteiger partial charge in [-0.15, -0.1) is 0 Å². The number of aromatic amines is 1. The van der Waals surface area contributed by atoms with Gasteiger partial charge in [-0.05, 0) is 24.3 Å². The Morgan fingerprint density at radius 1 is 1.47 bits per heavy atom. The molecule has 0 saturated carbocycles. The maximum Gasteiger partial charge on any atom is 0.273 e. The molecule has 0 spiro atoms. The molecule has 2 aromatic rings. The number of carbonyl (C=O) groups excluding carboxylic acids is 1. The first-order valence-corrected chi connectivity index (χ1v) is 5.87. The summed E-state index contributed by atoms with van der Waals surface area (Å²) in [6.45, 7) is 0.237. The zero-order valence-corrected chi connectivity index (χ0v) is 10.7. The SMILES string of the molecule is NCC#Cc1cc(Cl)ccc1NC(=O)c1ccn[nH]1. The molecule has 1 amide bonds. The van der Waals surface area contributed by atoms with Crippen molar-refractivity contribution in [3.05, 3.63) is 46.7 Å². The highest BCUT2D eigenvalue weighted by molar-refractivity contribution is 6.30. The molecular formula is C13H11ClN4O. The highest BCUT2D eigenvalue weighted by Crippen LogP contribution is 2.20. The number of hydrogen-bond donors (Lipinski definition) is 3. The van der Waals surface area contributed by atoms with Crippen LogP contribution in [0.2, 0.25) is 5.02 Å². The Morgan fingerprint density at radius 2 is 2.32 bits per heavy atom. The van der Waals surface area contributed by atoms with Gasteiger partial charge in [-0.2, -0.15) is 5.10 Å². The second-order valence-corrected chi connectivity index (χ2v) is 4.06. The summed E-state index contributed by atoms with van der Waals surface area (Å²) in [6, 6.07) is 6.62. The summed E-state index contributed by atoms with van der Waals surface area (Å²) in [5.41, 5.74) is 6.89. The largest absolute Gasteiger partial charge is 0.320 e. The van der Waals surface area contributed by atoms with Crippen molar-refractivity contribution in [2.75, 3.05) is 11.9 Å². The maximum absolute atomic E-state index is 11.9. The topological polar surface area (TPSA) is 83.8 Å². The lowest BCUT2D eigenvalue weighted by molar-refractivity contribution is 0.102. The lowest BCUT2D eigenvalue weighted by Crippen LogP contribution is -2.13. The van der Waals surface area contributed by atoms with E-state index in [-0.39, 0.29) is 12.5 Å². The lowest BCUT2D eigenvalue weighted by Gasteiger charge is -2.06. The van der Waals surface area contributed by atoms with Gasteiger partial charge in [0, 0.05) is 16.8 Å². The van der Waals surface area contributed by atoms with Gasteiger partial charge < -0.3 is 11.1 Å². The molecule has 1 aromatic heterocycles. The molecule has 19 heavy (non-hydrogen) atoms. The van der Waals surface area contributed by atoms with Crippen molar-refractivity contribution in [1.82, 2.24) is 10.2 Å². The third-order valence-electron chi connectivity index (χ3n) is 2.30. The number of nitrogens with one attached hydrogen (secondary N) is 2. The molecule has 0 aliphatic carbocycles. The summed E-state index contributed by atoms with van der Waals surface area (Å²) in [5.74, 6) is 5.30. The van der Waals surface area contributed by atoms with Crippen LogP contribution in [-0.2, 0) is 0 Å².